The van der Waals surface area contributed by atoms with E-state index in [4.69, 9.17) is 0 Å². The average molecular weight is 226 g/mol. The molecule has 15 heavy (non-hydrogen) atoms. The van der Waals surface area contributed by atoms with Crippen LogP contribution in [0.1, 0.15) is 0 Å². The number of hydrogen-bond donors (Lipinski definition) is 0. The Morgan fingerprint density at radius 3 is 2.40 bits per heavy atom. The number of rotatable bonds is 5. The maximum Gasteiger partial charge on any atom is 0.364 e. The van der Waals surface area contributed by atoms with Crippen LogP contribution in [0.15, 0.2) is 48.1 Å². The second kappa shape index (κ2) is 4.61. The van der Waals surface area contributed by atoms with E-state index in [2.05, 4.69) is 11.4 Å². The van der Waals surface area contributed by atoms with Crippen molar-refractivity contribution in [1.82, 2.24) is 4.47 Å². The van der Waals surface area contributed by atoms with E-state index in [1.54, 1.807) is 6.07 Å². The van der Waals surface area contributed by atoms with Gasteiger partial charge in [0.15, 0.2) is 0 Å². The smallest absolute Gasteiger partial charge is 0.364 e. The average Bonchev–Trinajstić information content (AvgIpc) is 2.27. The van der Waals surface area contributed by atoms with Gasteiger partial charge in [-0.3, -0.25) is 4.79 Å². The maximum absolute atomic E-state index is 11.6. The minimum Gasteiger partial charge on any atom is -0.370 e. The molecule has 0 saturated heterocycles. The second-order valence-corrected chi connectivity index (χ2v) is 4.16. The van der Waals surface area contributed by atoms with Gasteiger partial charge in [-0.25, -0.2) is 0 Å². The van der Waals surface area contributed by atoms with Gasteiger partial charge in [0.25, 0.3) is 10.0 Å². The molecule has 0 bridgehead atoms. The van der Waals surface area contributed by atoms with Crippen molar-refractivity contribution in [3.63, 3.8) is 0 Å². The Morgan fingerprint density at radius 2 is 1.93 bits per heavy atom. The van der Waals surface area contributed by atoms with E-state index in [0.717, 1.165) is 12.7 Å². The molecule has 0 aliphatic rings. The number of amides is 1. The largest absolute Gasteiger partial charge is 0.370 e. The van der Waals surface area contributed by atoms with Crippen molar-refractivity contribution in [2.75, 3.05) is 0 Å². The van der Waals surface area contributed by atoms with Gasteiger partial charge < -0.3 is 4.84 Å². The van der Waals surface area contributed by atoms with Crippen LogP contribution in [0.25, 0.3) is 0 Å². The first-order valence-electron chi connectivity index (χ1n) is 3.88. The number of sulfonamides is 1. The van der Waals surface area contributed by atoms with Gasteiger partial charge in [0.05, 0.1) is 4.90 Å². The zero-order chi connectivity index (χ0) is 11.3. The van der Waals surface area contributed by atoms with E-state index in [9.17, 15) is 13.2 Å². The summed E-state index contributed by atoms with van der Waals surface area (Å²) in [4.78, 5) is 14.7. The fraction of sp³-hybridized carbons (Fsp3) is 0. The van der Waals surface area contributed by atoms with Gasteiger partial charge in [0.1, 0.15) is 6.26 Å². The van der Waals surface area contributed by atoms with Crippen LogP contribution >= 0.6 is 0 Å². The molecule has 0 aliphatic heterocycles. The topological polar surface area (TPSA) is 63.7 Å². The van der Waals surface area contributed by atoms with Crippen molar-refractivity contribution >= 4 is 16.4 Å². The van der Waals surface area contributed by atoms with E-state index < -0.39 is 10.0 Å². The number of carbonyl (C=O) groups excluding carboxylic acids is 1. The monoisotopic (exact) mass is 226 g/mol. The Labute approximate surface area is 87.6 Å². The van der Waals surface area contributed by atoms with Crippen LogP contribution in [-0.4, -0.2) is 19.3 Å². The van der Waals surface area contributed by atoms with E-state index in [-0.39, 0.29) is 9.36 Å². The second-order valence-electron chi connectivity index (χ2n) is 2.41. The highest BCUT2D eigenvalue weighted by molar-refractivity contribution is 7.89. The Balaban J connectivity index is 3.12. The van der Waals surface area contributed by atoms with Crippen LogP contribution in [0.3, 0.4) is 0 Å². The minimum atomic E-state index is -4.00. The van der Waals surface area contributed by atoms with Gasteiger partial charge in [0, 0.05) is 0 Å². The van der Waals surface area contributed by atoms with Crippen molar-refractivity contribution in [1.29, 1.82) is 0 Å². The normalized spacial score (nSPS) is 10.4. The molecule has 1 aromatic carbocycles. The molecule has 0 aliphatic carbocycles. The first-order chi connectivity index (χ1) is 7.12. The van der Waals surface area contributed by atoms with Crippen molar-refractivity contribution in [3.05, 3.63) is 43.2 Å². The molecule has 0 N–H and O–H groups in total. The lowest BCUT2D eigenvalue weighted by Crippen LogP contribution is -2.28. The van der Waals surface area contributed by atoms with Crippen LogP contribution in [0, 0.1) is 0 Å². The van der Waals surface area contributed by atoms with Gasteiger partial charge in [-0.05, 0) is 16.6 Å². The Hall–Kier alpha value is -1.82. The fourth-order valence-electron chi connectivity index (χ4n) is 0.883. The molecule has 1 amide bonds. The third kappa shape index (κ3) is 2.35. The number of benzene rings is 1. The Kier molecular flexibility index (Phi) is 3.46. The van der Waals surface area contributed by atoms with Crippen molar-refractivity contribution in [3.8, 4) is 0 Å². The lowest BCUT2D eigenvalue weighted by atomic mass is 10.4. The molecule has 1 aromatic rings. The Bertz CT molecular complexity index is 440. The summed E-state index contributed by atoms with van der Waals surface area (Å²) in [5.41, 5.74) is 0. The molecule has 1 radical (unpaired) electrons. The van der Waals surface area contributed by atoms with E-state index in [0.29, 0.717) is 0 Å². The van der Waals surface area contributed by atoms with E-state index >= 15 is 0 Å². The van der Waals surface area contributed by atoms with Gasteiger partial charge in [0.2, 0.25) is 0 Å². The highest BCUT2D eigenvalue weighted by Crippen LogP contribution is 2.13. The first-order valence-corrected chi connectivity index (χ1v) is 5.33. The number of nitrogens with zero attached hydrogens (tertiary/aromatic N) is 1. The van der Waals surface area contributed by atoms with Gasteiger partial charge in [-0.1, -0.05) is 24.8 Å². The highest BCUT2D eigenvalue weighted by atomic mass is 32.2. The Morgan fingerprint density at radius 1 is 1.33 bits per heavy atom. The summed E-state index contributed by atoms with van der Waals surface area (Å²) in [5, 5.41) is 0. The zero-order valence-electron chi connectivity index (χ0n) is 7.66. The van der Waals surface area contributed by atoms with E-state index in [1.807, 2.05) is 0 Å². The standard InChI is InChI=1S/C9H8NO4S/c1-2-14-10(8-11)15(12,13)9-6-4-3-5-7-9/h2-7H,1H2. The highest BCUT2D eigenvalue weighted by Gasteiger charge is 2.24. The molecule has 0 saturated carbocycles. The fourth-order valence-corrected chi connectivity index (χ4v) is 1.85. The van der Waals surface area contributed by atoms with E-state index in [1.165, 1.54) is 24.3 Å². The molecular formula is C9H8NO4S. The van der Waals surface area contributed by atoms with Crippen molar-refractivity contribution in [2.24, 2.45) is 0 Å². The molecule has 1 rings (SSSR count). The summed E-state index contributed by atoms with van der Waals surface area (Å²) in [5.74, 6) is 0. The molecule has 5 nitrogen and oxygen atoms in total. The quantitative estimate of drug-likeness (QED) is 0.423. The SMILES string of the molecule is C=CON([C]=O)S(=O)(=O)c1ccccc1. The van der Waals surface area contributed by atoms with Crippen molar-refractivity contribution in [2.45, 2.75) is 4.90 Å². The molecule has 79 valence electrons. The summed E-state index contributed by atoms with van der Waals surface area (Å²) >= 11 is 0. The van der Waals surface area contributed by atoms with Gasteiger partial charge in [-0.2, -0.15) is 8.42 Å². The summed E-state index contributed by atoms with van der Waals surface area (Å²) < 4.78 is 23.4. The summed E-state index contributed by atoms with van der Waals surface area (Å²) in [6.45, 7) is 3.15. The molecule has 0 unspecified atom stereocenters. The predicted molar refractivity (Wildman–Crippen MR) is 52.4 cm³/mol. The molecule has 0 spiro atoms. The van der Waals surface area contributed by atoms with Crippen LogP contribution in [0.2, 0.25) is 0 Å². The number of hydroxylamine groups is 1. The van der Waals surface area contributed by atoms with Crippen LogP contribution < -0.4 is 0 Å². The minimum absolute atomic E-state index is 0.0600. The summed E-state index contributed by atoms with van der Waals surface area (Å²) in [7, 11) is -4.00. The molecule has 0 heterocycles. The molecule has 0 fully saturated rings. The van der Waals surface area contributed by atoms with Crippen LogP contribution in [0.4, 0.5) is 0 Å². The first kappa shape index (κ1) is 11.3. The van der Waals surface area contributed by atoms with Crippen LogP contribution in [-0.2, 0) is 19.7 Å². The maximum atomic E-state index is 11.6. The zero-order valence-corrected chi connectivity index (χ0v) is 8.48. The summed E-state index contributed by atoms with van der Waals surface area (Å²) in [6, 6.07) is 7.40. The lowest BCUT2D eigenvalue weighted by Gasteiger charge is -2.13. The molecule has 6 heteroatoms. The van der Waals surface area contributed by atoms with Gasteiger partial charge >= 0.3 is 6.41 Å². The third-order valence-electron chi connectivity index (χ3n) is 1.50. The lowest BCUT2D eigenvalue weighted by molar-refractivity contribution is 0.0518. The molecule has 0 aromatic heterocycles. The summed E-state index contributed by atoms with van der Waals surface area (Å²) in [6.07, 6.45) is 1.97. The number of hydrogen-bond acceptors (Lipinski definition) is 4. The van der Waals surface area contributed by atoms with Crippen molar-refractivity contribution < 1.29 is 18.0 Å². The predicted octanol–water partition coefficient (Wildman–Crippen LogP) is 0.820. The third-order valence-corrected chi connectivity index (χ3v) is 2.97. The van der Waals surface area contributed by atoms with Crippen LogP contribution in [0.5, 0.6) is 0 Å². The molecular weight excluding hydrogens is 218 g/mol. The van der Waals surface area contributed by atoms with Gasteiger partial charge in [-0.15, -0.1) is 0 Å². The molecule has 0 atom stereocenters.